The second-order valence-corrected chi connectivity index (χ2v) is 4.16. The van der Waals surface area contributed by atoms with Gasteiger partial charge in [0.15, 0.2) is 0 Å². The van der Waals surface area contributed by atoms with Crippen molar-refractivity contribution >= 4 is 5.69 Å². The largest absolute Gasteiger partial charge is 0.385 e. The van der Waals surface area contributed by atoms with Gasteiger partial charge in [0.05, 0.1) is 12.5 Å². The Morgan fingerprint density at radius 2 is 2.11 bits per heavy atom. The molecule has 1 heterocycles. The zero-order valence-corrected chi connectivity index (χ0v) is 10.4. The number of rotatable bonds is 5. The van der Waals surface area contributed by atoms with Crippen molar-refractivity contribution in [2.75, 3.05) is 11.9 Å². The van der Waals surface area contributed by atoms with Gasteiger partial charge in [-0.15, -0.1) is 0 Å². The number of imidazole rings is 1. The zero-order valence-electron chi connectivity index (χ0n) is 10.4. The van der Waals surface area contributed by atoms with Gasteiger partial charge in [0, 0.05) is 38.1 Å². The van der Waals surface area contributed by atoms with Crippen LogP contribution >= 0.6 is 0 Å². The third kappa shape index (κ3) is 3.11. The lowest BCUT2D eigenvalue weighted by atomic mass is 10.1. The van der Waals surface area contributed by atoms with Gasteiger partial charge < -0.3 is 9.88 Å². The number of aryl methyl sites for hydroxylation is 1. The summed E-state index contributed by atoms with van der Waals surface area (Å²) in [6.45, 7) is 0.850. The van der Waals surface area contributed by atoms with Crippen LogP contribution in [0.15, 0.2) is 36.7 Å². The molecule has 1 aromatic carbocycles. The number of nitrogens with zero attached hydrogens (tertiary/aromatic N) is 3. The van der Waals surface area contributed by atoms with E-state index in [1.165, 1.54) is 0 Å². The molecule has 0 unspecified atom stereocenters. The van der Waals surface area contributed by atoms with Crippen LogP contribution in [0.2, 0.25) is 0 Å². The third-order valence-corrected chi connectivity index (χ3v) is 2.84. The molecule has 0 aliphatic carbocycles. The van der Waals surface area contributed by atoms with Crippen LogP contribution in [-0.4, -0.2) is 16.1 Å². The molecule has 92 valence electrons. The lowest BCUT2D eigenvalue weighted by Gasteiger charge is -2.06. The Balaban J connectivity index is 1.83. The first-order chi connectivity index (χ1) is 8.79. The molecule has 4 heteroatoms. The van der Waals surface area contributed by atoms with Crippen LogP contribution < -0.4 is 5.32 Å². The van der Waals surface area contributed by atoms with Gasteiger partial charge >= 0.3 is 0 Å². The van der Waals surface area contributed by atoms with Gasteiger partial charge in [0.2, 0.25) is 0 Å². The maximum atomic E-state index is 8.59. The fraction of sp³-hybridized carbons (Fsp3) is 0.286. The van der Waals surface area contributed by atoms with Crippen LogP contribution in [0.3, 0.4) is 0 Å². The molecule has 0 aliphatic rings. The summed E-state index contributed by atoms with van der Waals surface area (Å²) in [5.41, 5.74) is 2.12. The first-order valence-corrected chi connectivity index (χ1v) is 5.95. The maximum Gasteiger partial charge on any atom is 0.110 e. The molecule has 0 amide bonds. The molecule has 1 aromatic heterocycles. The second kappa shape index (κ2) is 5.87. The minimum atomic E-state index is 0.466. The molecule has 0 aliphatic heterocycles. The number of nitrogens with one attached hydrogen (secondary N) is 1. The van der Waals surface area contributed by atoms with Crippen molar-refractivity contribution in [2.45, 2.75) is 12.8 Å². The van der Waals surface area contributed by atoms with Crippen LogP contribution in [0, 0.1) is 11.3 Å². The number of aromatic nitrogens is 2. The van der Waals surface area contributed by atoms with Crippen LogP contribution in [0.25, 0.3) is 0 Å². The van der Waals surface area contributed by atoms with Crippen molar-refractivity contribution in [3.05, 3.63) is 48.0 Å². The van der Waals surface area contributed by atoms with Gasteiger partial charge in [-0.3, -0.25) is 0 Å². The highest BCUT2D eigenvalue weighted by Gasteiger charge is 1.99. The van der Waals surface area contributed by atoms with Gasteiger partial charge in [0.1, 0.15) is 5.82 Å². The first kappa shape index (κ1) is 12.2. The molecule has 0 spiro atoms. The van der Waals surface area contributed by atoms with Gasteiger partial charge in [-0.25, -0.2) is 4.98 Å². The summed E-state index contributed by atoms with van der Waals surface area (Å²) in [6.07, 6.45) is 5.12. The van der Waals surface area contributed by atoms with E-state index in [-0.39, 0.29) is 0 Å². The second-order valence-electron chi connectivity index (χ2n) is 4.16. The van der Waals surface area contributed by atoms with Crippen LogP contribution in [0.1, 0.15) is 11.4 Å². The SMILES string of the molecule is Cn1ccnc1CCNc1ccc(CC#N)cc1. The number of anilines is 1. The van der Waals surface area contributed by atoms with Crippen molar-refractivity contribution < 1.29 is 0 Å². The van der Waals surface area contributed by atoms with Crippen LogP contribution in [-0.2, 0) is 19.9 Å². The summed E-state index contributed by atoms with van der Waals surface area (Å²) in [5.74, 6) is 1.07. The van der Waals surface area contributed by atoms with Crippen LogP contribution in [0.5, 0.6) is 0 Å². The lowest BCUT2D eigenvalue weighted by Crippen LogP contribution is -2.08. The van der Waals surface area contributed by atoms with E-state index in [4.69, 9.17) is 5.26 Å². The van der Waals surface area contributed by atoms with E-state index in [1.807, 2.05) is 48.3 Å². The van der Waals surface area contributed by atoms with Gasteiger partial charge in [0.25, 0.3) is 0 Å². The molecule has 0 bridgehead atoms. The Kier molecular flexibility index (Phi) is 3.98. The molecular formula is C14H16N4. The van der Waals surface area contributed by atoms with Gasteiger partial charge in [-0.1, -0.05) is 12.1 Å². The molecule has 0 saturated heterocycles. The molecule has 0 atom stereocenters. The van der Waals surface area contributed by atoms with Crippen molar-refractivity contribution in [3.8, 4) is 6.07 Å². The summed E-state index contributed by atoms with van der Waals surface area (Å²) in [5, 5.41) is 11.9. The van der Waals surface area contributed by atoms with E-state index in [1.54, 1.807) is 0 Å². The highest BCUT2D eigenvalue weighted by Crippen LogP contribution is 2.09. The predicted octanol–water partition coefficient (Wildman–Crippen LogP) is 2.14. The zero-order chi connectivity index (χ0) is 12.8. The highest BCUT2D eigenvalue weighted by atomic mass is 15.0. The average Bonchev–Trinajstić information content (AvgIpc) is 2.78. The van der Waals surface area contributed by atoms with E-state index in [0.717, 1.165) is 30.0 Å². The Labute approximate surface area is 107 Å². The lowest BCUT2D eigenvalue weighted by molar-refractivity contribution is 0.789. The Bertz CT molecular complexity index is 534. The molecule has 2 rings (SSSR count). The smallest absolute Gasteiger partial charge is 0.110 e. The molecule has 0 fully saturated rings. The number of hydrogen-bond acceptors (Lipinski definition) is 3. The molecule has 0 radical (unpaired) electrons. The standard InChI is InChI=1S/C14H16N4/c1-18-11-10-17-14(18)7-9-16-13-4-2-12(3-5-13)6-8-15/h2-5,10-11,16H,6-7,9H2,1H3. The maximum absolute atomic E-state index is 8.59. The summed E-state index contributed by atoms with van der Waals surface area (Å²) < 4.78 is 2.03. The normalized spacial score (nSPS) is 10.0. The van der Waals surface area contributed by atoms with Crippen LogP contribution in [0.4, 0.5) is 5.69 Å². The third-order valence-electron chi connectivity index (χ3n) is 2.84. The minimum Gasteiger partial charge on any atom is -0.385 e. The Morgan fingerprint density at radius 3 is 2.72 bits per heavy atom. The van der Waals surface area contributed by atoms with Gasteiger partial charge in [-0.2, -0.15) is 5.26 Å². The molecule has 4 nitrogen and oxygen atoms in total. The molecular weight excluding hydrogens is 224 g/mol. The summed E-state index contributed by atoms with van der Waals surface area (Å²) in [7, 11) is 2.00. The van der Waals surface area contributed by atoms with E-state index in [2.05, 4.69) is 16.4 Å². The molecule has 1 N–H and O–H groups in total. The Morgan fingerprint density at radius 1 is 1.33 bits per heavy atom. The quantitative estimate of drug-likeness (QED) is 0.871. The predicted molar refractivity (Wildman–Crippen MR) is 71.2 cm³/mol. The topological polar surface area (TPSA) is 53.6 Å². The molecule has 18 heavy (non-hydrogen) atoms. The molecule has 2 aromatic rings. The number of hydrogen-bond donors (Lipinski definition) is 1. The molecule has 0 saturated carbocycles. The number of benzene rings is 1. The van der Waals surface area contributed by atoms with Crippen molar-refractivity contribution in [1.29, 1.82) is 5.26 Å². The monoisotopic (exact) mass is 240 g/mol. The van der Waals surface area contributed by atoms with E-state index in [9.17, 15) is 0 Å². The van der Waals surface area contributed by atoms with E-state index in [0.29, 0.717) is 6.42 Å². The van der Waals surface area contributed by atoms with Crippen molar-refractivity contribution in [2.24, 2.45) is 7.05 Å². The summed E-state index contributed by atoms with van der Waals surface area (Å²) in [4.78, 5) is 4.27. The van der Waals surface area contributed by atoms with E-state index < -0.39 is 0 Å². The fourth-order valence-corrected chi connectivity index (χ4v) is 1.79. The summed E-state index contributed by atoms with van der Waals surface area (Å²) in [6, 6.07) is 10.1. The minimum absolute atomic E-state index is 0.466. The fourth-order valence-electron chi connectivity index (χ4n) is 1.79. The highest BCUT2D eigenvalue weighted by molar-refractivity contribution is 5.45. The average molecular weight is 240 g/mol. The number of nitriles is 1. The van der Waals surface area contributed by atoms with Crippen molar-refractivity contribution in [1.82, 2.24) is 9.55 Å². The van der Waals surface area contributed by atoms with Crippen molar-refractivity contribution in [3.63, 3.8) is 0 Å². The Hall–Kier alpha value is -2.28. The van der Waals surface area contributed by atoms with Gasteiger partial charge in [-0.05, 0) is 17.7 Å². The first-order valence-electron chi connectivity index (χ1n) is 5.95. The summed E-state index contributed by atoms with van der Waals surface area (Å²) >= 11 is 0. The van der Waals surface area contributed by atoms with E-state index >= 15 is 0 Å².